The van der Waals surface area contributed by atoms with Crippen LogP contribution in [0.1, 0.15) is 182 Å². The quantitative estimate of drug-likeness (QED) is 0.0336. The van der Waals surface area contributed by atoms with E-state index in [2.05, 4.69) is 330 Å². The van der Waals surface area contributed by atoms with Crippen LogP contribution >= 0.6 is 0 Å². The number of benzene rings is 11. The van der Waals surface area contributed by atoms with Gasteiger partial charge in [0.15, 0.2) is 0 Å². The summed E-state index contributed by atoms with van der Waals surface area (Å²) in [6.07, 6.45) is 17.6. The van der Waals surface area contributed by atoms with E-state index in [9.17, 15) is 0 Å². The van der Waals surface area contributed by atoms with Gasteiger partial charge in [0.1, 0.15) is 0 Å². The minimum absolute atomic E-state index is 0.355. The van der Waals surface area contributed by atoms with Crippen molar-refractivity contribution in [3.05, 3.63) is 299 Å². The van der Waals surface area contributed by atoms with Gasteiger partial charge in [0.05, 0.1) is 5.54 Å². The van der Waals surface area contributed by atoms with E-state index in [1.165, 1.54) is 144 Å². The van der Waals surface area contributed by atoms with Gasteiger partial charge >= 0.3 is 0 Å². The Kier molecular flexibility index (Phi) is 24.6. The van der Waals surface area contributed by atoms with Crippen LogP contribution in [0.3, 0.4) is 0 Å². The molecule has 103 heavy (non-hydrogen) atoms. The standard InChI is InChI=1S/C99H114N4/c1-15-19-21-23-25-83-67-96(94-58-56-92(65-71(94)10)103(89-51-39-81(40-52-89)78-33-45-86(46-34-78)99(14,101)59-17-3)90-53-41-82(42-54-90)97-72(11)62-75(61-69(7)8)63-73(97)12)84(26-24-22-20-16-2)66-95(83)93-57-55-91(64-70(93)9)102(87-47-35-79(36-48-87)76-29-27-74(28-30-76)60-68(5)6)88-49-37-80(38-50-88)77-31-43-85(44-32-77)98(13,100)18-4/h18,27-58,62-69H,4,15-17,19-26,59-61,100-101H2,1-3,5-14H3. The second-order valence-electron chi connectivity index (χ2n) is 31.0. The lowest BCUT2D eigenvalue weighted by Gasteiger charge is -2.28. The van der Waals surface area contributed by atoms with E-state index < -0.39 is 5.54 Å². The molecule has 0 bridgehead atoms. The van der Waals surface area contributed by atoms with Crippen molar-refractivity contribution >= 4 is 34.1 Å². The zero-order valence-corrected chi connectivity index (χ0v) is 64.3. The molecule has 4 heteroatoms. The average molecular weight is 1360 g/mol. The molecule has 11 aromatic carbocycles. The first-order valence-corrected chi connectivity index (χ1v) is 38.7. The Morgan fingerprint density at radius 3 is 1.04 bits per heavy atom. The van der Waals surface area contributed by atoms with E-state index in [4.69, 9.17) is 11.5 Å². The van der Waals surface area contributed by atoms with Crippen molar-refractivity contribution in [2.75, 3.05) is 9.80 Å². The first-order valence-electron chi connectivity index (χ1n) is 38.7. The Labute approximate surface area is 620 Å². The molecular weight excluding hydrogens is 1250 g/mol. The summed E-state index contributed by atoms with van der Waals surface area (Å²) < 4.78 is 0. The maximum absolute atomic E-state index is 6.81. The topological polar surface area (TPSA) is 58.5 Å². The van der Waals surface area contributed by atoms with E-state index in [0.717, 1.165) is 102 Å². The van der Waals surface area contributed by atoms with Crippen molar-refractivity contribution in [2.24, 2.45) is 23.3 Å². The molecule has 0 aliphatic rings. The maximum atomic E-state index is 6.81. The third-order valence-electron chi connectivity index (χ3n) is 21.3. The molecular formula is C99H114N4. The van der Waals surface area contributed by atoms with Crippen molar-refractivity contribution in [3.63, 3.8) is 0 Å². The fourth-order valence-corrected chi connectivity index (χ4v) is 15.6. The van der Waals surface area contributed by atoms with Crippen LogP contribution in [0.4, 0.5) is 34.1 Å². The number of rotatable bonds is 31. The minimum Gasteiger partial charge on any atom is -0.322 e. The number of aryl methyl sites for hydroxylation is 6. The Morgan fingerprint density at radius 2 is 0.689 bits per heavy atom. The molecule has 0 radical (unpaired) electrons. The average Bonchev–Trinajstić information content (AvgIpc) is 0.770. The molecule has 0 aliphatic heterocycles. The van der Waals surface area contributed by atoms with Crippen LogP contribution in [0, 0.1) is 39.5 Å². The van der Waals surface area contributed by atoms with Crippen molar-refractivity contribution in [2.45, 2.75) is 191 Å². The largest absolute Gasteiger partial charge is 0.322 e. The fourth-order valence-electron chi connectivity index (χ4n) is 15.6. The number of anilines is 6. The Balaban J connectivity index is 0.982. The summed E-state index contributed by atoms with van der Waals surface area (Å²) in [5.41, 5.74) is 47.1. The van der Waals surface area contributed by atoms with Gasteiger partial charge in [0, 0.05) is 39.7 Å². The first kappa shape index (κ1) is 74.9. The predicted molar refractivity (Wildman–Crippen MR) is 448 cm³/mol. The highest BCUT2D eigenvalue weighted by molar-refractivity contribution is 5.87. The molecule has 0 aliphatic carbocycles. The first-order chi connectivity index (χ1) is 49.6. The summed E-state index contributed by atoms with van der Waals surface area (Å²) in [6.45, 7) is 33.4. The molecule has 4 N–H and O–H groups in total. The van der Waals surface area contributed by atoms with Crippen LogP contribution in [0.25, 0.3) is 66.8 Å². The van der Waals surface area contributed by atoms with Crippen LogP contribution in [0.15, 0.2) is 243 Å². The summed E-state index contributed by atoms with van der Waals surface area (Å²) in [6, 6.07) is 87.7. The van der Waals surface area contributed by atoms with Crippen molar-refractivity contribution < 1.29 is 0 Å². The van der Waals surface area contributed by atoms with Gasteiger partial charge in [-0.25, -0.2) is 0 Å². The summed E-state index contributed by atoms with van der Waals surface area (Å²) in [4.78, 5) is 4.87. The SMILES string of the molecule is C=CC(C)(N)c1ccc(-c2ccc(N(c3ccc(-c4ccc(CC(C)C)cc4)cc3)c3ccc(-c4cc(CCCCCC)c(-c5ccc(N(c6ccc(-c7ccc(C(C)(N)CCC)cc7)cc6)c6ccc(-c7c(C)cc(CC(C)C)cc7C)cc6)cc5C)cc4CCCCCC)c(C)c3)cc2)cc1. The smallest absolute Gasteiger partial charge is 0.0564 e. The molecule has 0 amide bonds. The number of unbranched alkanes of at least 4 members (excludes halogenated alkanes) is 6. The van der Waals surface area contributed by atoms with Crippen LogP contribution in [0.5, 0.6) is 0 Å². The van der Waals surface area contributed by atoms with E-state index in [1.54, 1.807) is 0 Å². The van der Waals surface area contributed by atoms with Gasteiger partial charge in [-0.15, -0.1) is 6.58 Å². The van der Waals surface area contributed by atoms with Crippen LogP contribution in [-0.4, -0.2) is 0 Å². The molecule has 0 fully saturated rings. The third-order valence-corrected chi connectivity index (χ3v) is 21.3. The lowest BCUT2D eigenvalue weighted by atomic mass is 9.84. The number of hydrogen-bond acceptors (Lipinski definition) is 4. The molecule has 0 heterocycles. The zero-order valence-electron chi connectivity index (χ0n) is 64.3. The second kappa shape index (κ2) is 33.9. The number of nitrogens with two attached hydrogens (primary N) is 2. The van der Waals surface area contributed by atoms with E-state index in [0.29, 0.717) is 11.8 Å². The lowest BCUT2D eigenvalue weighted by molar-refractivity contribution is 0.447. The summed E-state index contributed by atoms with van der Waals surface area (Å²) in [7, 11) is 0. The molecule has 0 spiro atoms. The molecule has 0 saturated carbocycles. The Hall–Kier alpha value is -9.32. The van der Waals surface area contributed by atoms with Crippen molar-refractivity contribution in [1.29, 1.82) is 0 Å². The number of hydrogen-bond donors (Lipinski definition) is 2. The summed E-state index contributed by atoms with van der Waals surface area (Å²) >= 11 is 0. The fraction of sp³-hybridized carbons (Fsp3) is 0.313. The zero-order chi connectivity index (χ0) is 73.0. The predicted octanol–water partition coefficient (Wildman–Crippen LogP) is 27.8. The van der Waals surface area contributed by atoms with Gasteiger partial charge in [0.2, 0.25) is 0 Å². The molecule has 4 nitrogen and oxygen atoms in total. The summed E-state index contributed by atoms with van der Waals surface area (Å²) in [5, 5.41) is 0. The van der Waals surface area contributed by atoms with Gasteiger partial charge in [0.25, 0.3) is 0 Å². The van der Waals surface area contributed by atoms with Gasteiger partial charge in [-0.1, -0.05) is 257 Å². The van der Waals surface area contributed by atoms with Gasteiger partial charge in [-0.3, -0.25) is 0 Å². The molecule has 0 saturated heterocycles. The van der Waals surface area contributed by atoms with Crippen LogP contribution in [0.2, 0.25) is 0 Å². The normalized spacial score (nSPS) is 12.7. The highest BCUT2D eigenvalue weighted by atomic mass is 15.1. The molecule has 530 valence electrons. The number of nitrogens with zero attached hydrogens (tertiary/aromatic N) is 2. The molecule has 0 aromatic heterocycles. The summed E-state index contributed by atoms with van der Waals surface area (Å²) in [5.74, 6) is 1.22. The molecule has 2 atom stereocenters. The molecule has 11 rings (SSSR count). The van der Waals surface area contributed by atoms with E-state index >= 15 is 0 Å². The monoisotopic (exact) mass is 1360 g/mol. The second-order valence-corrected chi connectivity index (χ2v) is 31.0. The lowest BCUT2D eigenvalue weighted by Crippen LogP contribution is -2.32. The van der Waals surface area contributed by atoms with Crippen molar-refractivity contribution in [1.82, 2.24) is 0 Å². The highest BCUT2D eigenvalue weighted by Gasteiger charge is 2.24. The van der Waals surface area contributed by atoms with Gasteiger partial charge < -0.3 is 21.3 Å². The van der Waals surface area contributed by atoms with E-state index in [-0.39, 0.29) is 5.54 Å². The Morgan fingerprint density at radius 1 is 0.350 bits per heavy atom. The van der Waals surface area contributed by atoms with Crippen molar-refractivity contribution in [3.8, 4) is 66.8 Å². The van der Waals surface area contributed by atoms with Crippen LogP contribution in [-0.2, 0) is 36.8 Å². The molecule has 2 unspecified atom stereocenters. The minimum atomic E-state index is -0.597. The van der Waals surface area contributed by atoms with E-state index in [1.807, 2.05) is 13.0 Å². The van der Waals surface area contributed by atoms with Gasteiger partial charge in [-0.2, -0.15) is 0 Å². The third kappa shape index (κ3) is 18.0. The Bertz CT molecular complexity index is 4580. The van der Waals surface area contributed by atoms with Crippen LogP contribution < -0.4 is 21.3 Å². The molecule has 11 aromatic rings. The highest BCUT2D eigenvalue weighted by Crippen LogP contribution is 2.45. The van der Waals surface area contributed by atoms with Gasteiger partial charge in [-0.05, 0) is 294 Å². The maximum Gasteiger partial charge on any atom is 0.0564 e.